The quantitative estimate of drug-likeness (QED) is 0.346. The summed E-state index contributed by atoms with van der Waals surface area (Å²) in [6.45, 7) is 4.81. The number of carbonyl (C=O) groups excluding carboxylic acids is 1. The highest BCUT2D eigenvalue weighted by Crippen LogP contribution is 2.11. The first kappa shape index (κ1) is 18.7. The average Bonchev–Trinajstić information content (AvgIpc) is 2.53. The maximum atomic E-state index is 11.8. The summed E-state index contributed by atoms with van der Waals surface area (Å²) in [6, 6.07) is 7.54. The molecule has 0 unspecified atom stereocenters. The maximum absolute atomic E-state index is 11.8. The van der Waals surface area contributed by atoms with Gasteiger partial charge in [0.2, 0.25) is 0 Å². The molecule has 0 spiro atoms. The highest BCUT2D eigenvalue weighted by molar-refractivity contribution is 5.89. The molecule has 0 aliphatic heterocycles. The van der Waals surface area contributed by atoms with E-state index in [-0.39, 0.29) is 5.97 Å². The summed E-state index contributed by atoms with van der Waals surface area (Å²) in [7, 11) is 0. The Bertz CT molecular complexity index is 395. The second kappa shape index (κ2) is 12.3. The SMILES string of the molecule is CCCCCCCCCCCCOC(=O)c1ccc(C)cc1. The largest absolute Gasteiger partial charge is 0.462 e. The third-order valence-electron chi connectivity index (χ3n) is 4.02. The fourth-order valence-electron chi connectivity index (χ4n) is 2.53. The van der Waals surface area contributed by atoms with Crippen LogP contribution in [0.4, 0.5) is 0 Å². The van der Waals surface area contributed by atoms with Gasteiger partial charge < -0.3 is 4.74 Å². The molecule has 22 heavy (non-hydrogen) atoms. The molecule has 0 bridgehead atoms. The number of esters is 1. The fraction of sp³-hybridized carbons (Fsp3) is 0.650. The first-order chi connectivity index (χ1) is 10.7. The molecule has 0 N–H and O–H groups in total. The molecular formula is C20H32O2. The molecule has 0 aliphatic carbocycles. The van der Waals surface area contributed by atoms with Crippen LogP contribution in [-0.4, -0.2) is 12.6 Å². The van der Waals surface area contributed by atoms with Crippen molar-refractivity contribution in [2.75, 3.05) is 6.61 Å². The number of benzene rings is 1. The molecule has 0 saturated heterocycles. The zero-order valence-electron chi connectivity index (χ0n) is 14.4. The van der Waals surface area contributed by atoms with Gasteiger partial charge in [0, 0.05) is 0 Å². The van der Waals surface area contributed by atoms with Gasteiger partial charge in [-0.2, -0.15) is 0 Å². The van der Waals surface area contributed by atoms with Gasteiger partial charge >= 0.3 is 5.97 Å². The zero-order chi connectivity index (χ0) is 16.0. The van der Waals surface area contributed by atoms with Crippen LogP contribution in [0.5, 0.6) is 0 Å². The second-order valence-corrected chi connectivity index (χ2v) is 6.18. The minimum atomic E-state index is -0.198. The molecule has 0 aromatic heterocycles. The summed E-state index contributed by atoms with van der Waals surface area (Å²) in [5.41, 5.74) is 1.81. The summed E-state index contributed by atoms with van der Waals surface area (Å²) in [5, 5.41) is 0. The van der Waals surface area contributed by atoms with Gasteiger partial charge in [-0.1, -0.05) is 82.4 Å². The van der Waals surface area contributed by atoms with E-state index in [1.165, 1.54) is 51.4 Å². The first-order valence-corrected chi connectivity index (χ1v) is 8.98. The zero-order valence-corrected chi connectivity index (χ0v) is 14.4. The number of aryl methyl sites for hydroxylation is 1. The minimum Gasteiger partial charge on any atom is -0.462 e. The fourth-order valence-corrected chi connectivity index (χ4v) is 2.53. The van der Waals surface area contributed by atoms with Crippen molar-refractivity contribution in [3.63, 3.8) is 0 Å². The van der Waals surface area contributed by atoms with Crippen molar-refractivity contribution < 1.29 is 9.53 Å². The molecule has 2 heteroatoms. The molecule has 1 aromatic carbocycles. The lowest BCUT2D eigenvalue weighted by atomic mass is 10.1. The molecule has 0 heterocycles. The minimum absolute atomic E-state index is 0.198. The van der Waals surface area contributed by atoms with Crippen molar-refractivity contribution in [3.8, 4) is 0 Å². The van der Waals surface area contributed by atoms with Crippen molar-refractivity contribution >= 4 is 5.97 Å². The molecule has 1 aromatic rings. The smallest absolute Gasteiger partial charge is 0.338 e. The number of carbonyl (C=O) groups is 1. The summed E-state index contributed by atoms with van der Waals surface area (Å²) in [6.07, 6.45) is 12.9. The van der Waals surface area contributed by atoms with E-state index in [4.69, 9.17) is 4.74 Å². The molecular weight excluding hydrogens is 272 g/mol. The van der Waals surface area contributed by atoms with Crippen molar-refractivity contribution in [1.29, 1.82) is 0 Å². The van der Waals surface area contributed by atoms with Crippen LogP contribution in [0.15, 0.2) is 24.3 Å². The summed E-state index contributed by atoms with van der Waals surface area (Å²) in [4.78, 5) is 11.8. The lowest BCUT2D eigenvalue weighted by Gasteiger charge is -2.05. The van der Waals surface area contributed by atoms with Gasteiger partial charge in [0.05, 0.1) is 12.2 Å². The summed E-state index contributed by atoms with van der Waals surface area (Å²) < 4.78 is 5.30. The second-order valence-electron chi connectivity index (χ2n) is 6.18. The Morgan fingerprint density at radius 3 is 1.86 bits per heavy atom. The molecule has 0 saturated carbocycles. The van der Waals surface area contributed by atoms with Gasteiger partial charge in [0.15, 0.2) is 0 Å². The van der Waals surface area contributed by atoms with E-state index >= 15 is 0 Å². The van der Waals surface area contributed by atoms with Crippen LogP contribution >= 0.6 is 0 Å². The summed E-state index contributed by atoms with van der Waals surface area (Å²) >= 11 is 0. The number of rotatable bonds is 12. The van der Waals surface area contributed by atoms with Gasteiger partial charge in [0.1, 0.15) is 0 Å². The maximum Gasteiger partial charge on any atom is 0.338 e. The van der Waals surface area contributed by atoms with E-state index in [0.29, 0.717) is 12.2 Å². The van der Waals surface area contributed by atoms with E-state index in [9.17, 15) is 4.79 Å². The first-order valence-electron chi connectivity index (χ1n) is 8.98. The van der Waals surface area contributed by atoms with Crippen molar-refractivity contribution in [2.45, 2.75) is 78.1 Å². The van der Waals surface area contributed by atoms with Gasteiger partial charge in [0.25, 0.3) is 0 Å². The van der Waals surface area contributed by atoms with Gasteiger partial charge in [-0.05, 0) is 25.5 Å². The van der Waals surface area contributed by atoms with Crippen molar-refractivity contribution in [3.05, 3.63) is 35.4 Å². The predicted octanol–water partition coefficient (Wildman–Crippen LogP) is 6.07. The van der Waals surface area contributed by atoms with Gasteiger partial charge in [-0.25, -0.2) is 4.79 Å². The third kappa shape index (κ3) is 8.86. The van der Waals surface area contributed by atoms with Crippen LogP contribution in [0.1, 0.15) is 87.1 Å². The normalized spacial score (nSPS) is 10.6. The molecule has 2 nitrogen and oxygen atoms in total. The van der Waals surface area contributed by atoms with Crippen LogP contribution in [0.3, 0.4) is 0 Å². The standard InChI is InChI=1S/C20H32O2/c1-3-4-5-6-7-8-9-10-11-12-17-22-20(21)19-15-13-18(2)14-16-19/h13-16H,3-12,17H2,1-2H3. The Morgan fingerprint density at radius 2 is 1.32 bits per heavy atom. The molecule has 124 valence electrons. The highest BCUT2D eigenvalue weighted by atomic mass is 16.5. The molecule has 0 fully saturated rings. The lowest BCUT2D eigenvalue weighted by Crippen LogP contribution is -2.06. The van der Waals surface area contributed by atoms with Gasteiger partial charge in [-0.15, -0.1) is 0 Å². The van der Waals surface area contributed by atoms with E-state index in [1.54, 1.807) is 0 Å². The predicted molar refractivity (Wildman–Crippen MR) is 93.3 cm³/mol. The van der Waals surface area contributed by atoms with Crippen LogP contribution in [-0.2, 0) is 4.74 Å². The molecule has 0 radical (unpaired) electrons. The number of unbranched alkanes of at least 4 members (excludes halogenated alkanes) is 9. The third-order valence-corrected chi connectivity index (χ3v) is 4.02. The topological polar surface area (TPSA) is 26.3 Å². The Hall–Kier alpha value is -1.31. The number of ether oxygens (including phenoxy) is 1. The molecule has 0 amide bonds. The highest BCUT2D eigenvalue weighted by Gasteiger charge is 2.05. The number of hydrogen-bond acceptors (Lipinski definition) is 2. The summed E-state index contributed by atoms with van der Waals surface area (Å²) in [5.74, 6) is -0.198. The Labute approximate surface area is 136 Å². The van der Waals surface area contributed by atoms with Crippen LogP contribution < -0.4 is 0 Å². The lowest BCUT2D eigenvalue weighted by molar-refractivity contribution is 0.0497. The van der Waals surface area contributed by atoms with Crippen molar-refractivity contribution in [2.24, 2.45) is 0 Å². The Kier molecular flexibility index (Phi) is 10.4. The monoisotopic (exact) mass is 304 g/mol. The van der Waals surface area contributed by atoms with E-state index in [2.05, 4.69) is 6.92 Å². The molecule has 0 atom stereocenters. The van der Waals surface area contributed by atoms with E-state index in [1.807, 2.05) is 31.2 Å². The van der Waals surface area contributed by atoms with E-state index < -0.39 is 0 Å². The molecule has 1 rings (SSSR count). The Balaban J connectivity index is 1.93. The van der Waals surface area contributed by atoms with E-state index in [0.717, 1.165) is 18.4 Å². The average molecular weight is 304 g/mol. The molecule has 0 aliphatic rings. The van der Waals surface area contributed by atoms with Gasteiger partial charge in [-0.3, -0.25) is 0 Å². The Morgan fingerprint density at radius 1 is 0.818 bits per heavy atom. The van der Waals surface area contributed by atoms with Crippen molar-refractivity contribution in [1.82, 2.24) is 0 Å². The van der Waals surface area contributed by atoms with Crippen LogP contribution in [0.2, 0.25) is 0 Å². The van der Waals surface area contributed by atoms with Crippen LogP contribution in [0, 0.1) is 6.92 Å². The van der Waals surface area contributed by atoms with Crippen LogP contribution in [0.25, 0.3) is 0 Å². The number of hydrogen-bond donors (Lipinski definition) is 0.